The van der Waals surface area contributed by atoms with E-state index in [0.717, 1.165) is 25.2 Å². The molecule has 3 aliphatic rings. The molecule has 0 radical (unpaired) electrons. The van der Waals surface area contributed by atoms with Crippen LogP contribution in [-0.4, -0.2) is 11.2 Å². The van der Waals surface area contributed by atoms with Gasteiger partial charge in [-0.25, -0.2) is 0 Å². The Labute approximate surface area is 84.8 Å². The first kappa shape index (κ1) is 8.49. The van der Waals surface area contributed by atoms with Crippen molar-refractivity contribution in [1.82, 2.24) is 0 Å². The van der Waals surface area contributed by atoms with Gasteiger partial charge in [-0.2, -0.15) is 0 Å². The molecule has 2 bridgehead atoms. The van der Waals surface area contributed by atoms with Crippen molar-refractivity contribution in [1.29, 1.82) is 0 Å². The van der Waals surface area contributed by atoms with Gasteiger partial charge in [0, 0.05) is 0 Å². The summed E-state index contributed by atoms with van der Waals surface area (Å²) in [5.41, 5.74) is 4.51. The second kappa shape index (κ2) is 3.09. The molecule has 74 valence electrons. The summed E-state index contributed by atoms with van der Waals surface area (Å²) >= 11 is 0. The summed E-state index contributed by atoms with van der Waals surface area (Å²) in [6, 6.07) is 0. The highest BCUT2D eigenvalue weighted by Gasteiger charge is 2.25. The fourth-order valence-electron chi connectivity index (χ4n) is 2.88. The molecule has 0 aromatic heterocycles. The van der Waals surface area contributed by atoms with E-state index in [1.807, 2.05) is 0 Å². The van der Waals surface area contributed by atoms with Crippen molar-refractivity contribution in [2.75, 3.05) is 0 Å². The van der Waals surface area contributed by atoms with Crippen LogP contribution in [0.15, 0.2) is 34.9 Å². The Hall–Kier alpha value is -0.820. The molecule has 0 aromatic carbocycles. The summed E-state index contributed by atoms with van der Waals surface area (Å²) < 4.78 is 0. The van der Waals surface area contributed by atoms with Crippen molar-refractivity contribution >= 4 is 0 Å². The first-order valence-corrected chi connectivity index (χ1v) is 5.59. The SMILES string of the molecule is OC1CCC2=C(C=C3C=CC(C3)C2)C1. The van der Waals surface area contributed by atoms with E-state index in [-0.39, 0.29) is 6.10 Å². The molecule has 0 aliphatic heterocycles. The Kier molecular flexibility index (Phi) is 1.88. The second-order valence-electron chi connectivity index (χ2n) is 4.77. The van der Waals surface area contributed by atoms with Crippen LogP contribution in [0.2, 0.25) is 0 Å². The van der Waals surface area contributed by atoms with Gasteiger partial charge in [0.1, 0.15) is 0 Å². The van der Waals surface area contributed by atoms with Gasteiger partial charge in [-0.05, 0) is 49.2 Å². The van der Waals surface area contributed by atoms with Crippen LogP contribution >= 0.6 is 0 Å². The summed E-state index contributed by atoms with van der Waals surface area (Å²) in [6.45, 7) is 0. The van der Waals surface area contributed by atoms with E-state index in [2.05, 4.69) is 18.2 Å². The fourth-order valence-corrected chi connectivity index (χ4v) is 2.88. The van der Waals surface area contributed by atoms with E-state index < -0.39 is 0 Å². The van der Waals surface area contributed by atoms with Crippen molar-refractivity contribution < 1.29 is 5.11 Å². The van der Waals surface area contributed by atoms with Crippen molar-refractivity contribution in [3.63, 3.8) is 0 Å². The van der Waals surface area contributed by atoms with Crippen LogP contribution in [0.3, 0.4) is 0 Å². The lowest BCUT2D eigenvalue weighted by molar-refractivity contribution is 0.159. The summed E-state index contributed by atoms with van der Waals surface area (Å²) in [5, 5.41) is 9.63. The predicted octanol–water partition coefficient (Wildman–Crippen LogP) is 2.73. The average Bonchev–Trinajstić information content (AvgIpc) is 2.47. The van der Waals surface area contributed by atoms with Crippen molar-refractivity contribution in [3.05, 3.63) is 34.9 Å². The minimum absolute atomic E-state index is 0.0915. The number of allylic oxidation sites excluding steroid dienone is 5. The molecule has 1 N–H and O–H groups in total. The maximum atomic E-state index is 9.63. The predicted molar refractivity (Wildman–Crippen MR) is 56.8 cm³/mol. The molecule has 0 spiro atoms. The van der Waals surface area contributed by atoms with Gasteiger partial charge in [-0.3, -0.25) is 0 Å². The third-order valence-electron chi connectivity index (χ3n) is 3.64. The minimum Gasteiger partial charge on any atom is -0.393 e. The van der Waals surface area contributed by atoms with Crippen LogP contribution in [0.25, 0.3) is 0 Å². The lowest BCUT2D eigenvalue weighted by Gasteiger charge is -2.23. The standard InChI is InChI=1S/C13H16O/c14-13-4-3-11-6-9-1-2-10(5-9)7-12(11)8-13/h1-2,7,9,13-14H,3-6,8H2. The molecule has 3 rings (SSSR count). The van der Waals surface area contributed by atoms with Crippen molar-refractivity contribution in [3.8, 4) is 0 Å². The Balaban J connectivity index is 1.97. The number of hydrogen-bond acceptors (Lipinski definition) is 1. The third kappa shape index (κ3) is 1.36. The zero-order valence-corrected chi connectivity index (χ0v) is 8.37. The summed E-state index contributed by atoms with van der Waals surface area (Å²) in [7, 11) is 0. The largest absolute Gasteiger partial charge is 0.393 e. The van der Waals surface area contributed by atoms with Crippen LogP contribution in [0, 0.1) is 5.92 Å². The maximum absolute atomic E-state index is 9.63. The Morgan fingerprint density at radius 1 is 1.21 bits per heavy atom. The second-order valence-corrected chi connectivity index (χ2v) is 4.77. The van der Waals surface area contributed by atoms with Crippen LogP contribution < -0.4 is 0 Å². The van der Waals surface area contributed by atoms with Gasteiger partial charge >= 0.3 is 0 Å². The van der Waals surface area contributed by atoms with E-state index in [1.54, 1.807) is 5.57 Å². The summed E-state index contributed by atoms with van der Waals surface area (Å²) in [6.07, 6.45) is 12.3. The van der Waals surface area contributed by atoms with Crippen molar-refractivity contribution in [2.45, 2.75) is 38.2 Å². The molecule has 0 heterocycles. The van der Waals surface area contributed by atoms with Crippen LogP contribution in [-0.2, 0) is 0 Å². The van der Waals surface area contributed by atoms with Crippen molar-refractivity contribution in [2.24, 2.45) is 5.92 Å². The molecular weight excluding hydrogens is 172 g/mol. The quantitative estimate of drug-likeness (QED) is 0.619. The molecule has 3 aliphatic carbocycles. The fraction of sp³-hybridized carbons (Fsp3) is 0.538. The van der Waals surface area contributed by atoms with Crippen LogP contribution in [0.1, 0.15) is 32.1 Å². The van der Waals surface area contributed by atoms with E-state index in [1.165, 1.54) is 24.0 Å². The zero-order valence-electron chi connectivity index (χ0n) is 8.37. The van der Waals surface area contributed by atoms with Crippen LogP contribution in [0.5, 0.6) is 0 Å². The molecule has 0 fully saturated rings. The Morgan fingerprint density at radius 3 is 3.07 bits per heavy atom. The molecule has 0 saturated heterocycles. The molecule has 1 nitrogen and oxygen atoms in total. The minimum atomic E-state index is -0.0915. The molecule has 14 heavy (non-hydrogen) atoms. The lowest BCUT2D eigenvalue weighted by atomic mass is 9.86. The van der Waals surface area contributed by atoms with Gasteiger partial charge in [0.2, 0.25) is 0 Å². The highest BCUT2D eigenvalue weighted by atomic mass is 16.3. The molecule has 1 heteroatoms. The molecule has 2 atom stereocenters. The number of aliphatic hydroxyl groups excluding tert-OH is 1. The summed E-state index contributed by atoms with van der Waals surface area (Å²) in [4.78, 5) is 0. The molecule has 0 amide bonds. The molecular formula is C13H16O. The van der Waals surface area contributed by atoms with E-state index in [9.17, 15) is 5.11 Å². The van der Waals surface area contributed by atoms with E-state index in [4.69, 9.17) is 0 Å². The first-order chi connectivity index (χ1) is 6.81. The number of fused-ring (bicyclic) bond motifs is 2. The van der Waals surface area contributed by atoms with Gasteiger partial charge < -0.3 is 5.11 Å². The molecule has 0 saturated carbocycles. The van der Waals surface area contributed by atoms with Gasteiger partial charge in [-0.1, -0.05) is 23.8 Å². The third-order valence-corrected chi connectivity index (χ3v) is 3.64. The summed E-state index contributed by atoms with van der Waals surface area (Å²) in [5.74, 6) is 0.754. The van der Waals surface area contributed by atoms with Gasteiger partial charge in [0.15, 0.2) is 0 Å². The number of hydrogen-bond donors (Lipinski definition) is 1. The number of rotatable bonds is 0. The smallest absolute Gasteiger partial charge is 0.0583 e. The zero-order chi connectivity index (χ0) is 9.54. The lowest BCUT2D eigenvalue weighted by Crippen LogP contribution is -2.14. The first-order valence-electron chi connectivity index (χ1n) is 5.59. The average molecular weight is 188 g/mol. The topological polar surface area (TPSA) is 20.2 Å². The highest BCUT2D eigenvalue weighted by Crippen LogP contribution is 2.39. The molecule has 2 unspecified atom stereocenters. The Morgan fingerprint density at radius 2 is 2.14 bits per heavy atom. The molecule has 0 aromatic rings. The maximum Gasteiger partial charge on any atom is 0.0583 e. The van der Waals surface area contributed by atoms with E-state index >= 15 is 0 Å². The van der Waals surface area contributed by atoms with E-state index in [0.29, 0.717) is 0 Å². The number of aliphatic hydroxyl groups is 1. The normalized spacial score (nSPS) is 35.4. The van der Waals surface area contributed by atoms with Gasteiger partial charge in [0.25, 0.3) is 0 Å². The van der Waals surface area contributed by atoms with Crippen LogP contribution in [0.4, 0.5) is 0 Å². The Bertz CT molecular complexity index is 346. The highest BCUT2D eigenvalue weighted by molar-refractivity contribution is 5.41. The van der Waals surface area contributed by atoms with Gasteiger partial charge in [0.05, 0.1) is 6.10 Å². The van der Waals surface area contributed by atoms with Gasteiger partial charge in [-0.15, -0.1) is 0 Å². The monoisotopic (exact) mass is 188 g/mol.